The fourth-order valence-corrected chi connectivity index (χ4v) is 2.14. The first-order valence-corrected chi connectivity index (χ1v) is 6.26. The van der Waals surface area contributed by atoms with E-state index >= 15 is 0 Å². The van der Waals surface area contributed by atoms with Crippen LogP contribution in [-0.2, 0) is 0 Å². The van der Waals surface area contributed by atoms with Crippen molar-refractivity contribution >= 4 is 23.0 Å². The van der Waals surface area contributed by atoms with E-state index in [0.29, 0.717) is 0 Å². The zero-order valence-corrected chi connectivity index (χ0v) is 11.3. The van der Waals surface area contributed by atoms with Crippen LogP contribution in [0.25, 0.3) is 0 Å². The molecule has 0 bridgehead atoms. The van der Waals surface area contributed by atoms with Crippen LogP contribution in [0.2, 0.25) is 5.02 Å². The van der Waals surface area contributed by atoms with Crippen molar-refractivity contribution in [1.29, 1.82) is 5.26 Å². The first-order valence-electron chi connectivity index (χ1n) is 5.88. The molecule has 21 heavy (non-hydrogen) atoms. The van der Waals surface area contributed by atoms with Gasteiger partial charge < -0.3 is 5.32 Å². The predicted molar refractivity (Wildman–Crippen MR) is 76.5 cm³/mol. The van der Waals surface area contributed by atoms with Crippen LogP contribution in [0.1, 0.15) is 11.6 Å². The van der Waals surface area contributed by atoms with Crippen molar-refractivity contribution in [1.82, 2.24) is 0 Å². The second kappa shape index (κ2) is 6.20. The van der Waals surface area contributed by atoms with E-state index < -0.39 is 16.8 Å². The third-order valence-electron chi connectivity index (χ3n) is 2.82. The highest BCUT2D eigenvalue weighted by Crippen LogP contribution is 2.31. The number of halogens is 2. The third-order valence-corrected chi connectivity index (χ3v) is 3.15. The summed E-state index contributed by atoms with van der Waals surface area (Å²) in [6.45, 7) is 0. The largest absolute Gasteiger partial charge is 0.360 e. The van der Waals surface area contributed by atoms with Crippen molar-refractivity contribution in [2.24, 2.45) is 0 Å². The van der Waals surface area contributed by atoms with Gasteiger partial charge in [0.05, 0.1) is 11.0 Å². The number of nitro benzene ring substituents is 1. The summed E-state index contributed by atoms with van der Waals surface area (Å²) >= 11 is 5.91. The highest BCUT2D eigenvalue weighted by atomic mass is 35.5. The maximum Gasteiger partial charge on any atom is 0.292 e. The number of rotatable bonds is 4. The Morgan fingerprint density at radius 2 is 2.00 bits per heavy atom. The molecule has 0 saturated heterocycles. The minimum Gasteiger partial charge on any atom is -0.360 e. The van der Waals surface area contributed by atoms with Crippen LogP contribution < -0.4 is 5.32 Å². The Morgan fingerprint density at radius 1 is 1.29 bits per heavy atom. The lowest BCUT2D eigenvalue weighted by Gasteiger charge is -2.15. The summed E-state index contributed by atoms with van der Waals surface area (Å²) in [6.07, 6.45) is 0. The summed E-state index contributed by atoms with van der Waals surface area (Å²) < 4.78 is 13.8. The van der Waals surface area contributed by atoms with Gasteiger partial charge in [-0.15, -0.1) is 0 Å². The molecule has 0 aliphatic heterocycles. The normalized spacial score (nSPS) is 11.5. The summed E-state index contributed by atoms with van der Waals surface area (Å²) in [5.41, 5.74) is -0.126. The van der Waals surface area contributed by atoms with Crippen LogP contribution in [0.15, 0.2) is 42.5 Å². The molecule has 2 rings (SSSR count). The SMILES string of the molecule is N#CC(Nc1ccccc1[N+](=O)[O-])c1c(F)cccc1Cl. The number of para-hydroxylation sites is 2. The number of nitro groups is 1. The van der Waals surface area contributed by atoms with Gasteiger partial charge in [-0.05, 0) is 18.2 Å². The Morgan fingerprint density at radius 3 is 2.62 bits per heavy atom. The summed E-state index contributed by atoms with van der Waals surface area (Å²) in [6, 6.07) is 10.6. The standard InChI is InChI=1S/C14H9ClFN3O2/c15-9-4-3-5-10(16)14(9)12(8-17)18-11-6-1-2-7-13(11)19(20)21/h1-7,12,18H. The van der Waals surface area contributed by atoms with E-state index in [4.69, 9.17) is 11.6 Å². The monoisotopic (exact) mass is 305 g/mol. The fraction of sp³-hybridized carbons (Fsp3) is 0.0714. The molecule has 0 fully saturated rings. The molecule has 2 aromatic carbocycles. The van der Waals surface area contributed by atoms with Gasteiger partial charge >= 0.3 is 0 Å². The molecular formula is C14H9ClFN3O2. The Hall–Kier alpha value is -2.65. The molecule has 0 amide bonds. The molecule has 0 heterocycles. The molecule has 2 aromatic rings. The maximum absolute atomic E-state index is 13.8. The van der Waals surface area contributed by atoms with Crippen LogP contribution in [0.4, 0.5) is 15.8 Å². The second-order valence-corrected chi connectivity index (χ2v) is 4.52. The van der Waals surface area contributed by atoms with Gasteiger partial charge in [0, 0.05) is 16.7 Å². The van der Waals surface area contributed by atoms with Crippen LogP contribution in [-0.4, -0.2) is 4.92 Å². The van der Waals surface area contributed by atoms with Crippen LogP contribution in [0, 0.1) is 27.3 Å². The van der Waals surface area contributed by atoms with Gasteiger partial charge in [0.15, 0.2) is 0 Å². The Balaban J connectivity index is 2.42. The maximum atomic E-state index is 13.8. The summed E-state index contributed by atoms with van der Waals surface area (Å²) in [4.78, 5) is 10.4. The van der Waals surface area contributed by atoms with E-state index in [1.54, 1.807) is 6.07 Å². The molecule has 0 aliphatic carbocycles. The lowest BCUT2D eigenvalue weighted by atomic mass is 10.1. The van der Waals surface area contributed by atoms with Crippen molar-refractivity contribution in [3.63, 3.8) is 0 Å². The minimum absolute atomic E-state index is 0.0418. The molecule has 0 aromatic heterocycles. The number of hydrogen-bond acceptors (Lipinski definition) is 4. The number of hydrogen-bond donors (Lipinski definition) is 1. The smallest absolute Gasteiger partial charge is 0.292 e. The van der Waals surface area contributed by atoms with Crippen LogP contribution in [0.3, 0.4) is 0 Å². The van der Waals surface area contributed by atoms with Gasteiger partial charge in [-0.3, -0.25) is 10.1 Å². The van der Waals surface area contributed by atoms with Crippen LogP contribution >= 0.6 is 11.6 Å². The highest BCUT2D eigenvalue weighted by molar-refractivity contribution is 6.31. The quantitative estimate of drug-likeness (QED) is 0.682. The van der Waals surface area contributed by atoms with E-state index in [1.807, 2.05) is 6.07 Å². The molecule has 106 valence electrons. The van der Waals surface area contributed by atoms with E-state index in [2.05, 4.69) is 5.32 Å². The lowest BCUT2D eigenvalue weighted by molar-refractivity contribution is -0.384. The molecule has 0 radical (unpaired) electrons. The second-order valence-electron chi connectivity index (χ2n) is 4.12. The molecule has 1 N–H and O–H groups in total. The Labute approximate surface area is 124 Å². The predicted octanol–water partition coefficient (Wildman–Crippen LogP) is 4.06. The summed E-state index contributed by atoms with van der Waals surface area (Å²) in [7, 11) is 0. The number of benzene rings is 2. The van der Waals surface area contributed by atoms with E-state index in [0.717, 1.165) is 0 Å². The van der Waals surface area contributed by atoms with Crippen molar-refractivity contribution in [3.05, 3.63) is 69.0 Å². The van der Waals surface area contributed by atoms with Gasteiger partial charge in [0.2, 0.25) is 0 Å². The molecule has 1 atom stereocenters. The summed E-state index contributed by atoms with van der Waals surface area (Å²) in [5, 5.41) is 22.9. The number of anilines is 1. The van der Waals surface area contributed by atoms with E-state index in [-0.39, 0.29) is 22.0 Å². The average molecular weight is 306 g/mol. The van der Waals surface area contributed by atoms with Crippen molar-refractivity contribution in [3.8, 4) is 6.07 Å². The van der Waals surface area contributed by atoms with Crippen molar-refractivity contribution in [2.75, 3.05) is 5.32 Å². The zero-order valence-electron chi connectivity index (χ0n) is 10.6. The fourth-order valence-electron chi connectivity index (χ4n) is 1.87. The molecule has 0 aliphatic rings. The molecule has 1 unspecified atom stereocenters. The molecule has 0 spiro atoms. The van der Waals surface area contributed by atoms with Gasteiger partial charge in [-0.25, -0.2) is 4.39 Å². The lowest BCUT2D eigenvalue weighted by Crippen LogP contribution is -2.12. The Kier molecular flexibility index (Phi) is 4.36. The zero-order chi connectivity index (χ0) is 15.4. The van der Waals surface area contributed by atoms with Crippen LogP contribution in [0.5, 0.6) is 0 Å². The topological polar surface area (TPSA) is 79.0 Å². The first kappa shape index (κ1) is 14.8. The van der Waals surface area contributed by atoms with Gasteiger partial charge in [0.25, 0.3) is 5.69 Å². The highest BCUT2D eigenvalue weighted by Gasteiger charge is 2.22. The first-order chi connectivity index (χ1) is 10.0. The Bertz CT molecular complexity index is 710. The third kappa shape index (κ3) is 3.09. The number of nitrogens with zero attached hydrogens (tertiary/aromatic N) is 2. The molecule has 7 heteroatoms. The molecular weight excluding hydrogens is 297 g/mol. The van der Waals surface area contributed by atoms with Crippen molar-refractivity contribution in [2.45, 2.75) is 6.04 Å². The van der Waals surface area contributed by atoms with E-state index in [1.165, 1.54) is 36.4 Å². The number of nitrogens with one attached hydrogen (secondary N) is 1. The van der Waals surface area contributed by atoms with E-state index in [9.17, 15) is 19.8 Å². The molecule has 5 nitrogen and oxygen atoms in total. The minimum atomic E-state index is -1.14. The van der Waals surface area contributed by atoms with Gasteiger partial charge in [-0.1, -0.05) is 29.8 Å². The molecule has 0 saturated carbocycles. The average Bonchev–Trinajstić information content (AvgIpc) is 2.46. The van der Waals surface area contributed by atoms with Gasteiger partial charge in [0.1, 0.15) is 17.5 Å². The van der Waals surface area contributed by atoms with Gasteiger partial charge in [-0.2, -0.15) is 5.26 Å². The number of nitriles is 1. The van der Waals surface area contributed by atoms with Crippen molar-refractivity contribution < 1.29 is 9.31 Å². The summed E-state index contributed by atoms with van der Waals surface area (Å²) in [5.74, 6) is -0.653.